The minimum atomic E-state index is 0.287. The highest BCUT2D eigenvalue weighted by atomic mass is 16.1. The molecule has 0 amide bonds. The Morgan fingerprint density at radius 2 is 2.06 bits per heavy atom. The topological polar surface area (TPSA) is 29.1 Å². The van der Waals surface area contributed by atoms with Crippen LogP contribution in [-0.4, -0.2) is 18.4 Å². The molecule has 2 rings (SSSR count). The number of Topliss-reactive ketones (excluding diaryl/α,β-unsaturated/α-hetero) is 1. The summed E-state index contributed by atoms with van der Waals surface area (Å²) in [6.07, 6.45) is 3.02. The van der Waals surface area contributed by atoms with Gasteiger partial charge >= 0.3 is 0 Å². The van der Waals surface area contributed by atoms with Crippen LogP contribution in [0.2, 0.25) is 0 Å². The maximum Gasteiger partial charge on any atom is 0.150 e. The first-order chi connectivity index (χ1) is 7.65. The van der Waals surface area contributed by atoms with E-state index in [0.29, 0.717) is 19.0 Å². The molecule has 0 radical (unpaired) electrons. The van der Waals surface area contributed by atoms with Gasteiger partial charge in [-0.2, -0.15) is 0 Å². The van der Waals surface area contributed by atoms with Crippen LogP contribution in [0.5, 0.6) is 0 Å². The molecule has 0 bridgehead atoms. The number of carbonyl (C=O) groups is 1. The van der Waals surface area contributed by atoms with Gasteiger partial charge in [0.25, 0.3) is 0 Å². The van der Waals surface area contributed by atoms with E-state index in [2.05, 4.69) is 37.4 Å². The van der Waals surface area contributed by atoms with Crippen molar-refractivity contribution in [1.82, 2.24) is 5.32 Å². The molecule has 0 unspecified atom stereocenters. The monoisotopic (exact) mass is 217 g/mol. The second kappa shape index (κ2) is 4.79. The quantitative estimate of drug-likeness (QED) is 0.819. The zero-order chi connectivity index (χ0) is 11.5. The Kier molecular flexibility index (Phi) is 3.39. The number of nitrogens with one attached hydrogen (secondary N) is 1. The molecule has 1 aromatic carbocycles. The molecule has 1 aliphatic carbocycles. The Labute approximate surface area is 97.1 Å². The summed E-state index contributed by atoms with van der Waals surface area (Å²) < 4.78 is 0. The summed E-state index contributed by atoms with van der Waals surface area (Å²) >= 11 is 0. The van der Waals surface area contributed by atoms with Crippen LogP contribution in [0.15, 0.2) is 18.2 Å². The average molecular weight is 217 g/mol. The van der Waals surface area contributed by atoms with E-state index in [1.54, 1.807) is 0 Å². The summed E-state index contributed by atoms with van der Waals surface area (Å²) in [7, 11) is 0. The lowest BCUT2D eigenvalue weighted by atomic mass is 10.0. The van der Waals surface area contributed by atoms with E-state index in [-0.39, 0.29) is 5.78 Å². The standard InChI is InChI=1S/C14H19NO/c1-10-3-4-12(7-11(10)2)8-14(16)9-15-13-5-6-13/h3-4,7,13,15H,5-6,8-9H2,1-2H3. The molecule has 1 aromatic rings. The molecule has 1 aliphatic rings. The minimum Gasteiger partial charge on any atom is -0.307 e. The first kappa shape index (κ1) is 11.3. The second-order valence-electron chi connectivity index (χ2n) is 4.79. The summed E-state index contributed by atoms with van der Waals surface area (Å²) in [6.45, 7) is 4.71. The summed E-state index contributed by atoms with van der Waals surface area (Å²) in [5.74, 6) is 0.287. The Morgan fingerprint density at radius 3 is 2.69 bits per heavy atom. The van der Waals surface area contributed by atoms with Crippen molar-refractivity contribution in [3.8, 4) is 0 Å². The van der Waals surface area contributed by atoms with Crippen molar-refractivity contribution in [2.45, 2.75) is 39.2 Å². The van der Waals surface area contributed by atoms with Crippen molar-refractivity contribution in [2.24, 2.45) is 0 Å². The number of hydrogen-bond donors (Lipinski definition) is 1. The van der Waals surface area contributed by atoms with Gasteiger partial charge in [0.2, 0.25) is 0 Å². The van der Waals surface area contributed by atoms with Gasteiger partial charge in [-0.25, -0.2) is 0 Å². The maximum atomic E-state index is 11.7. The highest BCUT2D eigenvalue weighted by Gasteiger charge is 2.21. The second-order valence-corrected chi connectivity index (χ2v) is 4.79. The van der Waals surface area contributed by atoms with Crippen LogP contribution >= 0.6 is 0 Å². The van der Waals surface area contributed by atoms with Crippen molar-refractivity contribution in [3.63, 3.8) is 0 Å². The van der Waals surface area contributed by atoms with Crippen molar-refractivity contribution in [1.29, 1.82) is 0 Å². The van der Waals surface area contributed by atoms with E-state index in [4.69, 9.17) is 0 Å². The van der Waals surface area contributed by atoms with Gasteiger partial charge in [0.05, 0.1) is 6.54 Å². The average Bonchev–Trinajstić information content (AvgIpc) is 3.04. The summed E-state index contributed by atoms with van der Waals surface area (Å²) in [5, 5.41) is 3.25. The predicted molar refractivity (Wildman–Crippen MR) is 65.7 cm³/mol. The molecule has 0 atom stereocenters. The van der Waals surface area contributed by atoms with Gasteiger partial charge in [-0.1, -0.05) is 18.2 Å². The van der Waals surface area contributed by atoms with E-state index in [1.165, 1.54) is 24.0 Å². The lowest BCUT2D eigenvalue weighted by Gasteiger charge is -2.05. The van der Waals surface area contributed by atoms with Crippen LogP contribution in [0, 0.1) is 13.8 Å². The molecule has 2 heteroatoms. The molecule has 1 fully saturated rings. The number of hydrogen-bond acceptors (Lipinski definition) is 2. The number of ketones is 1. The fourth-order valence-corrected chi connectivity index (χ4v) is 1.75. The molecule has 16 heavy (non-hydrogen) atoms. The molecule has 0 aliphatic heterocycles. The zero-order valence-electron chi connectivity index (χ0n) is 10.0. The predicted octanol–water partition coefficient (Wildman–Crippen LogP) is 2.17. The summed E-state index contributed by atoms with van der Waals surface area (Å²) in [5.41, 5.74) is 3.68. The lowest BCUT2D eigenvalue weighted by Crippen LogP contribution is -2.25. The highest BCUT2D eigenvalue weighted by molar-refractivity contribution is 5.82. The SMILES string of the molecule is Cc1ccc(CC(=O)CNC2CC2)cc1C. The normalized spacial score (nSPS) is 15.1. The number of carbonyl (C=O) groups excluding carboxylic acids is 1. The van der Waals surface area contributed by atoms with Gasteiger partial charge in [-0.15, -0.1) is 0 Å². The third-order valence-corrected chi connectivity index (χ3v) is 3.14. The first-order valence-corrected chi connectivity index (χ1v) is 5.96. The molecule has 0 aromatic heterocycles. The minimum absolute atomic E-state index is 0.287. The van der Waals surface area contributed by atoms with Gasteiger partial charge in [0.1, 0.15) is 0 Å². The highest BCUT2D eigenvalue weighted by Crippen LogP contribution is 2.18. The summed E-state index contributed by atoms with van der Waals surface area (Å²) in [4.78, 5) is 11.7. The largest absolute Gasteiger partial charge is 0.307 e. The van der Waals surface area contributed by atoms with Crippen molar-refractivity contribution in [3.05, 3.63) is 34.9 Å². The van der Waals surface area contributed by atoms with Gasteiger partial charge in [-0.05, 0) is 43.4 Å². The van der Waals surface area contributed by atoms with Crippen LogP contribution in [0.25, 0.3) is 0 Å². The van der Waals surface area contributed by atoms with Crippen LogP contribution in [-0.2, 0) is 11.2 Å². The Bertz CT molecular complexity index is 394. The van der Waals surface area contributed by atoms with Gasteiger partial charge in [0, 0.05) is 12.5 Å². The van der Waals surface area contributed by atoms with E-state index < -0.39 is 0 Å². The van der Waals surface area contributed by atoms with Crippen LogP contribution in [0.3, 0.4) is 0 Å². The first-order valence-electron chi connectivity index (χ1n) is 5.96. The van der Waals surface area contributed by atoms with Gasteiger partial charge in [0.15, 0.2) is 5.78 Å². The van der Waals surface area contributed by atoms with Crippen molar-refractivity contribution < 1.29 is 4.79 Å². The lowest BCUT2D eigenvalue weighted by molar-refractivity contribution is -0.117. The smallest absolute Gasteiger partial charge is 0.150 e. The van der Waals surface area contributed by atoms with Crippen molar-refractivity contribution in [2.75, 3.05) is 6.54 Å². The van der Waals surface area contributed by atoms with E-state index in [1.807, 2.05) is 0 Å². The Hall–Kier alpha value is -1.15. The molecule has 0 spiro atoms. The Balaban J connectivity index is 1.86. The maximum absolute atomic E-state index is 11.7. The molecule has 86 valence electrons. The van der Waals surface area contributed by atoms with E-state index >= 15 is 0 Å². The number of benzene rings is 1. The fraction of sp³-hybridized carbons (Fsp3) is 0.500. The van der Waals surface area contributed by atoms with Crippen LogP contribution in [0.1, 0.15) is 29.5 Å². The third-order valence-electron chi connectivity index (χ3n) is 3.14. The number of rotatable bonds is 5. The molecular formula is C14H19NO. The molecule has 0 heterocycles. The molecule has 1 N–H and O–H groups in total. The fourth-order valence-electron chi connectivity index (χ4n) is 1.75. The van der Waals surface area contributed by atoms with E-state index in [0.717, 1.165) is 5.56 Å². The van der Waals surface area contributed by atoms with Gasteiger partial charge in [-0.3, -0.25) is 4.79 Å². The van der Waals surface area contributed by atoms with Crippen molar-refractivity contribution >= 4 is 5.78 Å². The zero-order valence-corrected chi connectivity index (χ0v) is 10.0. The summed E-state index contributed by atoms with van der Waals surface area (Å²) in [6, 6.07) is 6.87. The molecule has 0 saturated heterocycles. The Morgan fingerprint density at radius 1 is 1.31 bits per heavy atom. The molecule has 2 nitrogen and oxygen atoms in total. The molecular weight excluding hydrogens is 198 g/mol. The van der Waals surface area contributed by atoms with Gasteiger partial charge < -0.3 is 5.32 Å². The van der Waals surface area contributed by atoms with E-state index in [9.17, 15) is 4.79 Å². The third kappa shape index (κ3) is 3.17. The van der Waals surface area contributed by atoms with Crippen LogP contribution < -0.4 is 5.32 Å². The van der Waals surface area contributed by atoms with Crippen LogP contribution in [0.4, 0.5) is 0 Å². The molecule has 1 saturated carbocycles. The number of aryl methyl sites for hydroxylation is 2.